The van der Waals surface area contributed by atoms with Crippen molar-refractivity contribution in [2.45, 2.75) is 196 Å². The van der Waals surface area contributed by atoms with Gasteiger partial charge in [0.05, 0.1) is 28.4 Å². The van der Waals surface area contributed by atoms with E-state index in [4.69, 9.17) is 61.1 Å². The average molecular weight is 1370 g/mol. The molecule has 5 aromatic carbocycles. The Morgan fingerprint density at radius 1 is 0.315 bits per heavy atom. The third-order valence-electron chi connectivity index (χ3n) is 16.3. The molecule has 2 N–H and O–H groups in total. The molecule has 92 heavy (non-hydrogen) atoms. The van der Waals surface area contributed by atoms with Gasteiger partial charge in [0.15, 0.2) is 0 Å². The molecule has 0 saturated carbocycles. The van der Waals surface area contributed by atoms with Crippen LogP contribution in [-0.2, 0) is 0 Å². The van der Waals surface area contributed by atoms with Gasteiger partial charge in [-0.1, -0.05) is 165 Å². The number of anilines is 10. The summed E-state index contributed by atoms with van der Waals surface area (Å²) in [6.07, 6.45) is 11.2. The summed E-state index contributed by atoms with van der Waals surface area (Å²) in [6, 6.07) is 0. The molecule has 0 bridgehead atoms. The second-order valence-corrected chi connectivity index (χ2v) is 33.2. The highest BCUT2D eigenvalue weighted by Gasteiger charge is 2.28. The van der Waals surface area contributed by atoms with Crippen LogP contribution in [0.2, 0.25) is 0 Å². The molecule has 5 aromatic rings. The molecule has 0 aliphatic rings. The van der Waals surface area contributed by atoms with E-state index < -0.39 is 0 Å². The molecular weight excluding hydrogens is 1250 g/mol. The Balaban J connectivity index is 0.000000576. The minimum absolute atomic E-state index is 0.00242. The maximum absolute atomic E-state index is 12.0. The van der Waals surface area contributed by atoms with Crippen molar-refractivity contribution in [3.05, 3.63) is 73.7 Å². The van der Waals surface area contributed by atoms with Gasteiger partial charge in [0.1, 0.15) is 51.0 Å². The van der Waals surface area contributed by atoms with Crippen LogP contribution in [-0.4, -0.2) is 122 Å². The molecule has 0 heterocycles. The van der Waals surface area contributed by atoms with Crippen molar-refractivity contribution in [2.75, 3.05) is 172 Å². The summed E-state index contributed by atoms with van der Waals surface area (Å²) in [4.78, 5) is 75.6. The van der Waals surface area contributed by atoms with Crippen molar-refractivity contribution in [3.63, 3.8) is 0 Å². The number of rotatable bonds is 29. The Morgan fingerprint density at radius 2 is 0.565 bits per heavy atom. The average Bonchev–Trinajstić information content (AvgIpc) is 0.798. The van der Waals surface area contributed by atoms with Crippen LogP contribution in [0.5, 0.6) is 0 Å². The summed E-state index contributed by atoms with van der Waals surface area (Å²) in [5.74, 6) is 0. The van der Waals surface area contributed by atoms with Crippen molar-refractivity contribution >= 4 is 118 Å². The summed E-state index contributed by atoms with van der Waals surface area (Å²) >= 11 is 25.6. The Kier molecular flexibility index (Phi) is 34.5. The van der Waals surface area contributed by atoms with Gasteiger partial charge in [0, 0.05) is 122 Å². The van der Waals surface area contributed by atoms with Crippen LogP contribution in [0.1, 0.15) is 196 Å². The van der Waals surface area contributed by atoms with E-state index in [1.165, 1.54) is 0 Å². The van der Waals surface area contributed by atoms with Crippen LogP contribution in [0, 0.1) is 49.6 Å². The first-order chi connectivity index (χ1) is 42.1. The van der Waals surface area contributed by atoms with Gasteiger partial charge in [-0.25, -0.2) is 0 Å². The topological polar surface area (TPSA) is 135 Å². The molecule has 0 aromatic heterocycles. The van der Waals surface area contributed by atoms with E-state index in [2.05, 4.69) is 155 Å². The fraction of sp³-hybridized carbons (Fsp3) is 0.722. The fourth-order valence-electron chi connectivity index (χ4n) is 10.8. The lowest BCUT2D eigenvalue weighted by Crippen LogP contribution is -2.35. The molecule has 0 atom stereocenters. The van der Waals surface area contributed by atoms with Gasteiger partial charge in [0.25, 0.3) is 0 Å². The van der Waals surface area contributed by atoms with Gasteiger partial charge in [-0.15, -0.1) is 0 Å². The summed E-state index contributed by atoms with van der Waals surface area (Å²) in [6.45, 7) is 49.8. The molecule has 0 unspecified atom stereocenters. The maximum atomic E-state index is 12.0. The van der Waals surface area contributed by atoms with Crippen molar-refractivity contribution in [2.24, 2.45) is 27.1 Å². The van der Waals surface area contributed by atoms with Gasteiger partial charge in [-0.05, 0) is 119 Å². The van der Waals surface area contributed by atoms with Crippen molar-refractivity contribution in [1.82, 2.24) is 0 Å². The zero-order valence-corrected chi connectivity index (χ0v) is 66.7. The molecule has 0 fully saturated rings. The molecule has 20 heteroatoms. The summed E-state index contributed by atoms with van der Waals surface area (Å²) in [5.41, 5.74) is 10.2. The third-order valence-corrected chi connectivity index (χ3v) is 18.3. The van der Waals surface area contributed by atoms with Gasteiger partial charge in [-0.2, -0.15) is 0 Å². The Hall–Kier alpha value is -4.50. The monoisotopic (exact) mass is 1370 g/mol. The first-order valence-corrected chi connectivity index (χ1v) is 35.4. The quantitative estimate of drug-likeness (QED) is 0.0439. The van der Waals surface area contributed by atoms with Crippen LogP contribution in [0.4, 0.5) is 56.9 Å². The molecule has 0 saturated heterocycles. The molecule has 0 radical (unpaired) electrons. The standard InChI is InChI=1S/C16H28N2OS.C15H26N2OS.2C14H24N2OS.C13H22N2OS/c1-7-18(8-2)13-12(14(19)15(13)20)17(6)11-9-10-16(3,4)5;1-7-16(5)12-11(13(18)14(12)19)17(6)10-8-9-15(2,3)4;1-14(2,3)8-7-9-16(6)10-11(15(4)5)13(18)12(10)17;1-6-15-10-11(12(17)13(10)18)16(5)9-7-8-14(2,3)4;1-13(2,3)7-6-8-15(5)10-9(14-4)12(17)11(10)16/h7-11H2,1-6H3;7-10H2,1-6H3;7-9H2,1-6H3;15H,6-9H2,1-5H3;14H,6-8H2,1-5H3. The minimum atomic E-state index is 0.00242. The molecule has 522 valence electrons. The first kappa shape index (κ1) is 85.5. The van der Waals surface area contributed by atoms with Crippen molar-refractivity contribution in [1.29, 1.82) is 0 Å². The molecular formula is C72H124N10O5S5. The van der Waals surface area contributed by atoms with E-state index in [1.54, 1.807) is 7.05 Å². The fourth-order valence-corrected chi connectivity index (χ4v) is 12.4. The molecule has 0 amide bonds. The van der Waals surface area contributed by atoms with Crippen LogP contribution in [0.25, 0.3) is 0 Å². The molecule has 15 nitrogen and oxygen atoms in total. The highest BCUT2D eigenvalue weighted by atomic mass is 32.1. The van der Waals surface area contributed by atoms with Crippen molar-refractivity contribution < 1.29 is 0 Å². The normalized spacial score (nSPS) is 11.9. The number of hydrogen-bond donors (Lipinski definition) is 2. The van der Waals surface area contributed by atoms with Gasteiger partial charge < -0.3 is 49.8 Å². The Labute approximate surface area is 582 Å². The molecule has 0 aliphatic carbocycles. The summed E-state index contributed by atoms with van der Waals surface area (Å²) < 4.78 is 2.35. The number of nitrogens with zero attached hydrogens (tertiary/aromatic N) is 8. The SMILES string of the molecule is CCN(C)c1c(N(C)CCCC(C)(C)C)c(=O)c1=S.CCN(CC)c1c(N(C)CCCC(C)(C)C)c(=O)c1=S.CCNc1c(N(C)CCCC(C)(C)C)c(=O)c1=S.CN(C)c1c(N(C)CCCC(C)(C)C)c(=O)c1=S.CNc1c(N(C)CCCC(C)(C)C)c(=O)c1=S. The second-order valence-electron chi connectivity index (χ2n) is 31.1. The van der Waals surface area contributed by atoms with Gasteiger partial charge >= 0.3 is 0 Å². The predicted octanol–water partition coefficient (Wildman–Crippen LogP) is 16.4. The van der Waals surface area contributed by atoms with E-state index in [0.717, 1.165) is 180 Å². The molecule has 0 aliphatic heterocycles. The lowest BCUT2D eigenvalue weighted by molar-refractivity contribution is 0.367. The maximum Gasteiger partial charge on any atom is 0.224 e. The van der Waals surface area contributed by atoms with Crippen LogP contribution >= 0.6 is 61.1 Å². The number of hydrogen-bond acceptors (Lipinski definition) is 20. The Morgan fingerprint density at radius 3 is 0.837 bits per heavy atom. The molecule has 5 rings (SSSR count). The Bertz CT molecular complexity index is 3450. The lowest BCUT2D eigenvalue weighted by atomic mass is 9.90. The molecule has 0 spiro atoms. The van der Waals surface area contributed by atoms with Crippen LogP contribution in [0.3, 0.4) is 0 Å². The van der Waals surface area contributed by atoms with E-state index >= 15 is 0 Å². The number of nitrogens with one attached hydrogen (secondary N) is 2. The zero-order chi connectivity index (χ0) is 71.5. The van der Waals surface area contributed by atoms with Crippen LogP contribution in [0.15, 0.2) is 24.0 Å². The van der Waals surface area contributed by atoms with Crippen molar-refractivity contribution in [3.8, 4) is 0 Å². The van der Waals surface area contributed by atoms with E-state index in [-0.39, 0.29) is 27.1 Å². The first-order valence-electron chi connectivity index (χ1n) is 33.4. The second kappa shape index (κ2) is 37.1. The largest absolute Gasteiger partial charge is 0.385 e. The third kappa shape index (κ3) is 25.9. The van der Waals surface area contributed by atoms with Gasteiger partial charge in [-0.3, -0.25) is 24.0 Å². The summed E-state index contributed by atoms with van der Waals surface area (Å²) in [5, 5.41) is 6.17. The van der Waals surface area contributed by atoms with Gasteiger partial charge in [0.2, 0.25) is 27.1 Å². The lowest BCUT2D eigenvalue weighted by Gasteiger charge is -2.31. The summed E-state index contributed by atoms with van der Waals surface area (Å²) in [7, 11) is 17.5. The van der Waals surface area contributed by atoms with Crippen LogP contribution < -0.4 is 77.0 Å². The van der Waals surface area contributed by atoms with E-state index in [0.29, 0.717) is 49.6 Å². The highest BCUT2D eigenvalue weighted by Crippen LogP contribution is 2.35. The van der Waals surface area contributed by atoms with E-state index in [1.807, 2.05) is 82.9 Å². The minimum Gasteiger partial charge on any atom is -0.385 e. The van der Waals surface area contributed by atoms with E-state index in [9.17, 15) is 24.0 Å². The smallest absolute Gasteiger partial charge is 0.224 e. The highest BCUT2D eigenvalue weighted by molar-refractivity contribution is 7.72. The zero-order valence-electron chi connectivity index (χ0n) is 62.6. The predicted molar refractivity (Wildman–Crippen MR) is 420 cm³/mol.